The number of halogens is 13. The van der Waals surface area contributed by atoms with Crippen molar-refractivity contribution in [3.63, 3.8) is 0 Å². The van der Waals surface area contributed by atoms with Gasteiger partial charge in [-0.25, -0.2) is 0 Å². The lowest BCUT2D eigenvalue weighted by atomic mass is 10.2. The van der Waals surface area contributed by atoms with Gasteiger partial charge in [0.25, 0.3) is 5.91 Å². The minimum absolute atomic E-state index is 0.483. The van der Waals surface area contributed by atoms with Crippen molar-refractivity contribution in [2.45, 2.75) is 43.1 Å². The van der Waals surface area contributed by atoms with Crippen LogP contribution in [0.15, 0.2) is 57.2 Å². The molecule has 0 atom stereocenters. The molecule has 0 unspecified atom stereocenters. The van der Waals surface area contributed by atoms with E-state index in [4.69, 9.17) is 0 Å². The van der Waals surface area contributed by atoms with E-state index < -0.39 is 95.5 Å². The summed E-state index contributed by atoms with van der Waals surface area (Å²) >= 11 is -2.98. The van der Waals surface area contributed by atoms with E-state index in [2.05, 4.69) is 0 Å². The van der Waals surface area contributed by atoms with Crippen LogP contribution in [-0.2, 0) is 0 Å². The SMILES string of the molecule is O=C(Nc1ccccc1SC(F)(F)C(F)(F)C(F)(F)F)c1cc(SC(F)(F)F)cc(SC(F)(F)F)c1. The molecule has 0 fully saturated rings. The second kappa shape index (κ2) is 10.4. The average molecular weight is 597 g/mol. The minimum Gasteiger partial charge on any atom is -0.321 e. The van der Waals surface area contributed by atoms with Gasteiger partial charge in [-0.15, -0.1) is 0 Å². The second-order valence-corrected chi connectivity index (χ2v) is 9.86. The highest BCUT2D eigenvalue weighted by atomic mass is 32.2. The average Bonchev–Trinajstić information content (AvgIpc) is 2.65. The Kier molecular flexibility index (Phi) is 8.77. The first-order chi connectivity index (χ1) is 16.1. The van der Waals surface area contributed by atoms with Gasteiger partial charge >= 0.3 is 28.4 Å². The number of nitrogens with one attached hydrogen (secondary N) is 1. The number of anilines is 1. The van der Waals surface area contributed by atoms with E-state index in [9.17, 15) is 61.9 Å². The van der Waals surface area contributed by atoms with Crippen molar-refractivity contribution in [2.24, 2.45) is 0 Å². The van der Waals surface area contributed by atoms with E-state index in [-0.39, 0.29) is 0 Å². The second-order valence-electron chi connectivity index (χ2n) is 6.43. The minimum atomic E-state index is -6.63. The molecule has 200 valence electrons. The van der Waals surface area contributed by atoms with Crippen LogP contribution in [0, 0.1) is 0 Å². The highest BCUT2D eigenvalue weighted by Crippen LogP contribution is 2.54. The molecule has 2 nitrogen and oxygen atoms in total. The van der Waals surface area contributed by atoms with Crippen LogP contribution in [-0.4, -0.2) is 34.3 Å². The Morgan fingerprint density at radius 1 is 0.667 bits per heavy atom. The van der Waals surface area contributed by atoms with Gasteiger partial charge in [-0.2, -0.15) is 57.1 Å². The molecule has 0 aliphatic heterocycles. The largest absolute Gasteiger partial charge is 0.460 e. The summed E-state index contributed by atoms with van der Waals surface area (Å²) in [6, 6.07) is 4.95. The van der Waals surface area contributed by atoms with Gasteiger partial charge in [0.1, 0.15) is 0 Å². The quantitative estimate of drug-likeness (QED) is 0.255. The van der Waals surface area contributed by atoms with Gasteiger partial charge in [-0.05, 0) is 65.6 Å². The van der Waals surface area contributed by atoms with E-state index in [1.807, 2.05) is 5.32 Å². The van der Waals surface area contributed by atoms with Gasteiger partial charge < -0.3 is 5.32 Å². The summed E-state index contributed by atoms with van der Waals surface area (Å²) in [5, 5.41) is -3.94. The number of benzene rings is 2. The first-order valence-electron chi connectivity index (χ1n) is 8.70. The predicted octanol–water partition coefficient (Wildman–Crippen LogP) is 9.05. The van der Waals surface area contributed by atoms with E-state index in [0.717, 1.165) is 18.2 Å². The normalized spacial score (nSPS) is 13.6. The van der Waals surface area contributed by atoms with Crippen LogP contribution >= 0.6 is 35.3 Å². The van der Waals surface area contributed by atoms with Crippen molar-refractivity contribution in [3.05, 3.63) is 48.0 Å². The fraction of sp³-hybridized carbons (Fsp3) is 0.278. The van der Waals surface area contributed by atoms with Gasteiger partial charge in [-0.1, -0.05) is 12.1 Å². The van der Waals surface area contributed by atoms with Crippen molar-refractivity contribution in [1.82, 2.24) is 0 Å². The summed E-state index contributed by atoms with van der Waals surface area (Å²) < 4.78 is 167. The molecule has 0 aromatic heterocycles. The lowest BCUT2D eigenvalue weighted by Crippen LogP contribution is -2.49. The maximum atomic E-state index is 13.8. The van der Waals surface area contributed by atoms with Crippen molar-refractivity contribution in [2.75, 3.05) is 5.32 Å². The van der Waals surface area contributed by atoms with Crippen LogP contribution in [0.4, 0.5) is 62.8 Å². The van der Waals surface area contributed by atoms with Crippen LogP contribution in [0.3, 0.4) is 0 Å². The van der Waals surface area contributed by atoms with Crippen molar-refractivity contribution in [3.8, 4) is 0 Å². The highest BCUT2D eigenvalue weighted by molar-refractivity contribution is 8.01. The first-order valence-corrected chi connectivity index (χ1v) is 11.1. The van der Waals surface area contributed by atoms with Crippen molar-refractivity contribution >= 4 is 46.9 Å². The molecule has 0 heterocycles. The van der Waals surface area contributed by atoms with Crippen molar-refractivity contribution < 1.29 is 61.9 Å². The Morgan fingerprint density at radius 2 is 1.14 bits per heavy atom. The maximum Gasteiger partial charge on any atom is 0.460 e. The van der Waals surface area contributed by atoms with E-state index in [1.165, 1.54) is 0 Å². The highest BCUT2D eigenvalue weighted by Gasteiger charge is 2.73. The number of carbonyl (C=O) groups excluding carboxylic acids is 1. The molecule has 0 bridgehead atoms. The monoisotopic (exact) mass is 597 g/mol. The molecule has 0 aliphatic carbocycles. The molecular formula is C18H8F13NOS3. The molecule has 0 spiro atoms. The zero-order chi connectivity index (χ0) is 27.7. The summed E-state index contributed by atoms with van der Waals surface area (Å²) in [6.07, 6.45) is -6.63. The number of thioether (sulfide) groups is 3. The molecule has 0 radical (unpaired) electrons. The Balaban J connectivity index is 2.41. The number of hydrogen-bond acceptors (Lipinski definition) is 4. The molecule has 2 aromatic rings. The predicted molar refractivity (Wildman–Crippen MR) is 106 cm³/mol. The van der Waals surface area contributed by atoms with Gasteiger partial charge in [-0.3, -0.25) is 4.79 Å². The molecular weight excluding hydrogens is 589 g/mol. The third kappa shape index (κ3) is 8.03. The molecule has 2 rings (SSSR count). The lowest BCUT2D eigenvalue weighted by molar-refractivity contribution is -0.330. The third-order valence-corrected chi connectivity index (χ3v) is 6.20. The number of hydrogen-bond donors (Lipinski definition) is 1. The molecule has 0 aliphatic rings. The smallest absolute Gasteiger partial charge is 0.321 e. The van der Waals surface area contributed by atoms with Crippen molar-refractivity contribution in [1.29, 1.82) is 0 Å². The van der Waals surface area contributed by atoms with Crippen LogP contribution in [0.1, 0.15) is 10.4 Å². The molecule has 0 saturated carbocycles. The van der Waals surface area contributed by atoms with Crippen LogP contribution in [0.2, 0.25) is 0 Å². The fourth-order valence-electron chi connectivity index (χ4n) is 2.31. The molecule has 0 saturated heterocycles. The summed E-state index contributed by atoms with van der Waals surface area (Å²) in [5.41, 5.74) is -11.5. The number of rotatable bonds is 7. The Hall–Kier alpha value is -1.95. The third-order valence-electron chi connectivity index (χ3n) is 3.70. The van der Waals surface area contributed by atoms with E-state index in [0.29, 0.717) is 24.3 Å². The molecule has 18 heteroatoms. The molecule has 1 amide bonds. The van der Waals surface area contributed by atoms with Crippen LogP contribution in [0.5, 0.6) is 0 Å². The van der Waals surface area contributed by atoms with Crippen LogP contribution < -0.4 is 5.32 Å². The van der Waals surface area contributed by atoms with Gasteiger partial charge in [0.15, 0.2) is 0 Å². The number of carbonyl (C=O) groups is 1. The zero-order valence-electron chi connectivity index (χ0n) is 16.6. The summed E-state index contributed by atoms with van der Waals surface area (Å²) in [4.78, 5) is 9.82. The Labute approximate surface area is 205 Å². The zero-order valence-corrected chi connectivity index (χ0v) is 19.0. The fourth-order valence-corrected chi connectivity index (χ4v) is 4.56. The van der Waals surface area contributed by atoms with Gasteiger partial charge in [0.2, 0.25) is 0 Å². The van der Waals surface area contributed by atoms with E-state index in [1.54, 1.807) is 0 Å². The summed E-state index contributed by atoms with van der Waals surface area (Å²) in [6.45, 7) is 0. The molecule has 1 N–H and O–H groups in total. The maximum absolute atomic E-state index is 13.8. The van der Waals surface area contributed by atoms with E-state index >= 15 is 0 Å². The number of para-hydroxylation sites is 1. The van der Waals surface area contributed by atoms with Crippen LogP contribution in [0.25, 0.3) is 0 Å². The Morgan fingerprint density at radius 3 is 1.58 bits per heavy atom. The Bertz CT molecular complexity index is 1060. The van der Waals surface area contributed by atoms with Gasteiger partial charge in [0.05, 0.1) is 5.69 Å². The molecule has 36 heavy (non-hydrogen) atoms. The standard InChI is InChI=1S/C18H8F13NOS3/c19-14(20,15(21,22)23)16(24,25)36-12-4-2-1-3-11(12)32-13(33)8-5-9(34-17(26,27)28)7-10(6-8)35-18(29,30)31/h1-7H,(H,32,33). The lowest BCUT2D eigenvalue weighted by Gasteiger charge is -2.28. The topological polar surface area (TPSA) is 29.1 Å². The molecule has 2 aromatic carbocycles. The number of alkyl halides is 13. The first kappa shape index (κ1) is 30.3. The summed E-state index contributed by atoms with van der Waals surface area (Å²) in [7, 11) is 0. The number of amides is 1. The summed E-state index contributed by atoms with van der Waals surface area (Å²) in [5.74, 6) is -7.95. The van der Waals surface area contributed by atoms with Gasteiger partial charge in [0, 0.05) is 20.2 Å².